The van der Waals surface area contributed by atoms with Crippen LogP contribution in [-0.4, -0.2) is 80.8 Å². The van der Waals surface area contributed by atoms with E-state index in [4.69, 9.17) is 14.6 Å². The lowest BCUT2D eigenvalue weighted by Gasteiger charge is -2.23. The van der Waals surface area contributed by atoms with Crippen molar-refractivity contribution < 1.29 is 28.5 Å². The number of nitrogens with zero attached hydrogens (tertiary/aromatic N) is 1. The van der Waals surface area contributed by atoms with Gasteiger partial charge in [0.1, 0.15) is 0 Å². The molecule has 0 spiro atoms. The molecule has 0 aliphatic heterocycles. The third-order valence-electron chi connectivity index (χ3n) is 2.02. The molecule has 17 heavy (non-hydrogen) atoms. The van der Waals surface area contributed by atoms with Crippen LogP contribution in [-0.2, 0) is 9.47 Å². The van der Waals surface area contributed by atoms with Crippen LogP contribution < -0.4 is 0 Å². The van der Waals surface area contributed by atoms with Gasteiger partial charge in [-0.3, -0.25) is 4.90 Å². The summed E-state index contributed by atoms with van der Waals surface area (Å²) in [5.74, 6) is 0. The van der Waals surface area contributed by atoms with E-state index in [0.29, 0.717) is 13.2 Å². The van der Waals surface area contributed by atoms with Gasteiger partial charge in [-0.15, -0.1) is 0 Å². The first kappa shape index (κ1) is 16.7. The van der Waals surface area contributed by atoms with Crippen LogP contribution in [0.1, 0.15) is 0 Å². The zero-order chi connectivity index (χ0) is 13.1. The quantitative estimate of drug-likeness (QED) is 0.492. The van der Waals surface area contributed by atoms with Crippen molar-refractivity contribution in [1.82, 2.24) is 4.90 Å². The van der Waals surface area contributed by atoms with Gasteiger partial charge in [-0.1, -0.05) is 0 Å². The van der Waals surface area contributed by atoms with Crippen LogP contribution in [0.2, 0.25) is 0 Å². The molecule has 0 fully saturated rings. The molecule has 5 nitrogen and oxygen atoms in total. The second-order valence-electron chi connectivity index (χ2n) is 3.60. The summed E-state index contributed by atoms with van der Waals surface area (Å²) in [6.07, 6.45) is -3.33. The smallest absolute Gasteiger partial charge is 0.251 e. The molecule has 7 heteroatoms. The Labute approximate surface area is 99.9 Å². The molecule has 0 radical (unpaired) electrons. The molecular weight excluding hydrogens is 236 g/mol. The van der Waals surface area contributed by atoms with Gasteiger partial charge in [0.05, 0.1) is 39.1 Å². The Balaban J connectivity index is 3.74. The Morgan fingerprint density at radius 3 is 2.47 bits per heavy atom. The summed E-state index contributed by atoms with van der Waals surface area (Å²) in [5.41, 5.74) is 0. The van der Waals surface area contributed by atoms with Crippen LogP contribution in [0.5, 0.6) is 0 Å². The third-order valence-corrected chi connectivity index (χ3v) is 2.02. The van der Waals surface area contributed by atoms with Gasteiger partial charge < -0.3 is 19.7 Å². The lowest BCUT2D eigenvalue weighted by Crippen LogP contribution is -2.39. The summed E-state index contributed by atoms with van der Waals surface area (Å²) in [5, 5.41) is 18.2. The summed E-state index contributed by atoms with van der Waals surface area (Å²) in [7, 11) is 1.53. The Hall–Kier alpha value is -0.340. The summed E-state index contributed by atoms with van der Waals surface area (Å²) >= 11 is 0. The van der Waals surface area contributed by atoms with E-state index in [2.05, 4.69) is 0 Å². The van der Waals surface area contributed by atoms with Crippen molar-refractivity contribution in [3.05, 3.63) is 0 Å². The van der Waals surface area contributed by atoms with E-state index >= 15 is 0 Å². The molecule has 0 aromatic rings. The van der Waals surface area contributed by atoms with E-state index in [0.717, 1.165) is 0 Å². The molecule has 0 bridgehead atoms. The summed E-state index contributed by atoms with van der Waals surface area (Å²) in [6, 6.07) is 0. The second-order valence-corrected chi connectivity index (χ2v) is 3.60. The van der Waals surface area contributed by atoms with Crippen LogP contribution >= 0.6 is 0 Å². The van der Waals surface area contributed by atoms with Gasteiger partial charge in [-0.05, 0) is 0 Å². The largest absolute Gasteiger partial charge is 0.395 e. The number of halogens is 2. The van der Waals surface area contributed by atoms with Crippen molar-refractivity contribution in [1.29, 1.82) is 0 Å². The van der Waals surface area contributed by atoms with Gasteiger partial charge in [0.2, 0.25) is 0 Å². The molecule has 0 aromatic carbocycles. The molecule has 0 saturated carbocycles. The Bertz CT molecular complexity index is 174. The molecule has 1 atom stereocenters. The maximum Gasteiger partial charge on any atom is 0.251 e. The number of aliphatic hydroxyl groups is 2. The van der Waals surface area contributed by atoms with E-state index in [1.807, 2.05) is 0 Å². The number of hydrogen-bond donors (Lipinski definition) is 2. The fourth-order valence-corrected chi connectivity index (χ4v) is 1.31. The van der Waals surface area contributed by atoms with E-state index in [-0.39, 0.29) is 26.3 Å². The topological polar surface area (TPSA) is 62.2 Å². The minimum Gasteiger partial charge on any atom is -0.395 e. The first-order chi connectivity index (χ1) is 8.10. The van der Waals surface area contributed by atoms with Crippen molar-refractivity contribution in [3.8, 4) is 0 Å². The van der Waals surface area contributed by atoms with Crippen molar-refractivity contribution in [3.63, 3.8) is 0 Å². The number of aliphatic hydroxyl groups excluding tert-OH is 2. The van der Waals surface area contributed by atoms with Gasteiger partial charge in [0.25, 0.3) is 6.43 Å². The number of rotatable bonds is 11. The fourth-order valence-electron chi connectivity index (χ4n) is 1.31. The fraction of sp³-hybridized carbons (Fsp3) is 1.00. The Kier molecular flexibility index (Phi) is 10.6. The van der Waals surface area contributed by atoms with Gasteiger partial charge in [-0.2, -0.15) is 0 Å². The minimum atomic E-state index is -2.48. The summed E-state index contributed by atoms with van der Waals surface area (Å²) in [6.45, 7) is 0.318. The van der Waals surface area contributed by atoms with E-state index in [1.165, 1.54) is 12.0 Å². The molecule has 0 aromatic heterocycles. The number of hydrogen-bond acceptors (Lipinski definition) is 5. The van der Waals surface area contributed by atoms with Gasteiger partial charge in [-0.25, -0.2) is 8.78 Å². The van der Waals surface area contributed by atoms with Crippen LogP contribution in [0.15, 0.2) is 0 Å². The molecular formula is C10H21F2NO4. The van der Waals surface area contributed by atoms with Crippen LogP contribution in [0.3, 0.4) is 0 Å². The lowest BCUT2D eigenvalue weighted by atomic mass is 10.3. The molecule has 0 saturated heterocycles. The summed E-state index contributed by atoms with van der Waals surface area (Å²) < 4.78 is 34.1. The van der Waals surface area contributed by atoms with Crippen molar-refractivity contribution in [2.45, 2.75) is 12.5 Å². The van der Waals surface area contributed by atoms with Crippen molar-refractivity contribution >= 4 is 0 Å². The molecule has 1 unspecified atom stereocenters. The monoisotopic (exact) mass is 257 g/mol. The molecule has 104 valence electrons. The predicted octanol–water partition coefficient (Wildman–Crippen LogP) is -0.430. The van der Waals surface area contributed by atoms with Crippen LogP contribution in [0.25, 0.3) is 0 Å². The predicted molar refractivity (Wildman–Crippen MR) is 58.2 cm³/mol. The zero-order valence-electron chi connectivity index (χ0n) is 10.0. The van der Waals surface area contributed by atoms with Crippen molar-refractivity contribution in [2.24, 2.45) is 0 Å². The minimum absolute atomic E-state index is 0.0535. The maximum atomic E-state index is 12.2. The van der Waals surface area contributed by atoms with Gasteiger partial charge in [0.15, 0.2) is 0 Å². The molecule has 0 aliphatic rings. The van der Waals surface area contributed by atoms with Crippen LogP contribution in [0, 0.1) is 0 Å². The highest BCUT2D eigenvalue weighted by Gasteiger charge is 2.15. The lowest BCUT2D eigenvalue weighted by molar-refractivity contribution is -0.0112. The first-order valence-corrected chi connectivity index (χ1v) is 5.46. The highest BCUT2D eigenvalue weighted by molar-refractivity contribution is 4.65. The molecule has 0 rings (SSSR count). The van der Waals surface area contributed by atoms with E-state index in [1.54, 1.807) is 0 Å². The average Bonchev–Trinajstić information content (AvgIpc) is 2.24. The first-order valence-electron chi connectivity index (χ1n) is 5.46. The van der Waals surface area contributed by atoms with Crippen molar-refractivity contribution in [2.75, 3.05) is 53.2 Å². The number of ether oxygens (including phenoxy) is 2. The standard InChI is InChI=1S/C10H21F2NO4/c1-16-4-5-17-8-9(15)6-13(2-3-14)7-10(11)12/h9-10,14-15H,2-8H2,1H3. The number of alkyl halides is 2. The molecule has 0 heterocycles. The highest BCUT2D eigenvalue weighted by atomic mass is 19.3. The van der Waals surface area contributed by atoms with E-state index < -0.39 is 19.1 Å². The van der Waals surface area contributed by atoms with Gasteiger partial charge in [0, 0.05) is 20.2 Å². The molecule has 0 aliphatic carbocycles. The third kappa shape index (κ3) is 10.5. The Morgan fingerprint density at radius 1 is 1.24 bits per heavy atom. The Morgan fingerprint density at radius 2 is 1.94 bits per heavy atom. The van der Waals surface area contributed by atoms with Crippen LogP contribution in [0.4, 0.5) is 8.78 Å². The highest BCUT2D eigenvalue weighted by Crippen LogP contribution is 2.00. The van der Waals surface area contributed by atoms with Gasteiger partial charge >= 0.3 is 0 Å². The number of methoxy groups -OCH3 is 1. The molecule has 0 amide bonds. The van der Waals surface area contributed by atoms with E-state index in [9.17, 15) is 13.9 Å². The zero-order valence-corrected chi connectivity index (χ0v) is 10.0. The maximum absolute atomic E-state index is 12.2. The average molecular weight is 257 g/mol. The molecule has 2 N–H and O–H groups in total. The summed E-state index contributed by atoms with van der Waals surface area (Å²) in [4.78, 5) is 1.30. The second kappa shape index (κ2) is 10.8. The SMILES string of the molecule is COCCOCC(O)CN(CCO)CC(F)F. The normalized spacial score (nSPS) is 13.6.